The summed E-state index contributed by atoms with van der Waals surface area (Å²) in [7, 11) is 0. The Labute approximate surface area is 139 Å². The molecule has 24 heavy (non-hydrogen) atoms. The van der Waals surface area contributed by atoms with E-state index in [1.54, 1.807) is 24.3 Å². The lowest BCUT2D eigenvalue weighted by molar-refractivity contribution is -0.135. The highest BCUT2D eigenvalue weighted by Crippen LogP contribution is 2.15. The lowest BCUT2D eigenvalue weighted by Gasteiger charge is -2.07. The summed E-state index contributed by atoms with van der Waals surface area (Å²) in [6.07, 6.45) is 0.208. The molecule has 0 unspecified atom stereocenters. The van der Waals surface area contributed by atoms with Crippen molar-refractivity contribution in [2.45, 2.75) is 13.3 Å². The highest BCUT2D eigenvalue weighted by Gasteiger charge is 2.08. The summed E-state index contributed by atoms with van der Waals surface area (Å²) in [5.74, 6) is -0.657. The normalized spacial score (nSPS) is 9.88. The van der Waals surface area contributed by atoms with E-state index in [0.717, 1.165) is 5.56 Å². The number of carbonyl (C=O) groups excluding carboxylic acids is 3. The zero-order chi connectivity index (χ0) is 17.4. The maximum absolute atomic E-state index is 11.8. The molecular weight excluding hydrogens is 308 g/mol. The van der Waals surface area contributed by atoms with Gasteiger partial charge in [-0.1, -0.05) is 30.3 Å². The molecule has 0 heterocycles. The van der Waals surface area contributed by atoms with Gasteiger partial charge in [-0.15, -0.1) is 0 Å². The number of ether oxygens (including phenoxy) is 1. The van der Waals surface area contributed by atoms with Crippen molar-refractivity contribution in [3.8, 4) is 5.75 Å². The Morgan fingerprint density at radius 2 is 1.62 bits per heavy atom. The first-order valence-electron chi connectivity index (χ1n) is 7.42. The monoisotopic (exact) mass is 326 g/mol. The molecular formula is C18H18N2O4. The van der Waals surface area contributed by atoms with Gasteiger partial charge in [0.05, 0.1) is 6.42 Å². The first-order valence-corrected chi connectivity index (χ1v) is 7.42. The number of esters is 1. The van der Waals surface area contributed by atoms with Crippen LogP contribution in [0.1, 0.15) is 12.5 Å². The van der Waals surface area contributed by atoms with Gasteiger partial charge in [0.25, 0.3) is 0 Å². The average molecular weight is 326 g/mol. The predicted molar refractivity (Wildman–Crippen MR) is 89.5 cm³/mol. The maximum Gasteiger partial charge on any atom is 0.330 e. The molecule has 2 rings (SSSR count). The molecule has 2 N–H and O–H groups in total. The fraction of sp³-hybridized carbons (Fsp3) is 0.167. The average Bonchev–Trinajstić information content (AvgIpc) is 2.55. The zero-order valence-electron chi connectivity index (χ0n) is 13.2. The standard InChI is InChI=1S/C18H18N2O4/c1-13(21)20-15-7-9-16(10-8-15)24-18(23)12-19-17(22)11-14-5-3-2-4-6-14/h2-10H,11-12H2,1H3,(H,19,22)(H,20,21). The molecule has 0 saturated carbocycles. The van der Waals surface area contributed by atoms with Crippen LogP contribution in [0, 0.1) is 0 Å². The van der Waals surface area contributed by atoms with Crippen LogP contribution in [0.15, 0.2) is 54.6 Å². The van der Waals surface area contributed by atoms with Gasteiger partial charge in [0.2, 0.25) is 11.8 Å². The lowest BCUT2D eigenvalue weighted by Crippen LogP contribution is -2.32. The van der Waals surface area contributed by atoms with E-state index < -0.39 is 5.97 Å². The number of rotatable bonds is 6. The lowest BCUT2D eigenvalue weighted by atomic mass is 10.1. The molecule has 0 aliphatic carbocycles. The number of hydrogen-bond donors (Lipinski definition) is 2. The van der Waals surface area contributed by atoms with Gasteiger partial charge in [0.15, 0.2) is 0 Å². The molecule has 2 aromatic rings. The molecule has 6 heteroatoms. The van der Waals surface area contributed by atoms with Crippen molar-refractivity contribution < 1.29 is 19.1 Å². The van der Waals surface area contributed by atoms with Crippen LogP contribution in [0.5, 0.6) is 5.75 Å². The molecule has 0 spiro atoms. The SMILES string of the molecule is CC(=O)Nc1ccc(OC(=O)CNC(=O)Cc2ccccc2)cc1. The molecule has 6 nitrogen and oxygen atoms in total. The van der Waals surface area contributed by atoms with Gasteiger partial charge in [-0.3, -0.25) is 9.59 Å². The minimum absolute atomic E-state index is 0.180. The molecule has 0 bridgehead atoms. The third kappa shape index (κ3) is 5.92. The molecule has 124 valence electrons. The first-order chi connectivity index (χ1) is 11.5. The Bertz CT molecular complexity index is 712. The van der Waals surface area contributed by atoms with Gasteiger partial charge in [0, 0.05) is 12.6 Å². The summed E-state index contributed by atoms with van der Waals surface area (Å²) < 4.78 is 5.11. The highest BCUT2D eigenvalue weighted by molar-refractivity contribution is 5.88. The van der Waals surface area contributed by atoms with Crippen LogP contribution in [0.25, 0.3) is 0 Å². The van der Waals surface area contributed by atoms with E-state index in [2.05, 4.69) is 10.6 Å². The van der Waals surface area contributed by atoms with Crippen molar-refractivity contribution in [3.05, 3.63) is 60.2 Å². The van der Waals surface area contributed by atoms with E-state index in [-0.39, 0.29) is 24.8 Å². The van der Waals surface area contributed by atoms with E-state index >= 15 is 0 Å². The number of nitrogens with one attached hydrogen (secondary N) is 2. The summed E-state index contributed by atoms with van der Waals surface area (Å²) in [6, 6.07) is 15.6. The molecule has 2 amide bonds. The Morgan fingerprint density at radius 3 is 2.25 bits per heavy atom. The summed E-state index contributed by atoms with van der Waals surface area (Å²) in [5.41, 5.74) is 1.48. The minimum Gasteiger partial charge on any atom is -0.425 e. The van der Waals surface area contributed by atoms with Gasteiger partial charge >= 0.3 is 5.97 Å². The van der Waals surface area contributed by atoms with Gasteiger partial charge in [-0.2, -0.15) is 0 Å². The van der Waals surface area contributed by atoms with E-state index in [1.807, 2.05) is 30.3 Å². The summed E-state index contributed by atoms with van der Waals surface area (Å²) >= 11 is 0. The van der Waals surface area contributed by atoms with Gasteiger partial charge < -0.3 is 15.4 Å². The van der Waals surface area contributed by atoms with Gasteiger partial charge in [-0.05, 0) is 29.8 Å². The molecule has 0 saturated heterocycles. The van der Waals surface area contributed by atoms with Crippen molar-refractivity contribution >= 4 is 23.5 Å². The van der Waals surface area contributed by atoms with E-state index in [4.69, 9.17) is 4.74 Å². The van der Waals surface area contributed by atoms with Crippen LogP contribution < -0.4 is 15.4 Å². The molecule has 0 aliphatic rings. The zero-order valence-corrected chi connectivity index (χ0v) is 13.2. The van der Waals surface area contributed by atoms with Crippen LogP contribution in [-0.2, 0) is 20.8 Å². The largest absolute Gasteiger partial charge is 0.425 e. The van der Waals surface area contributed by atoms with Gasteiger partial charge in [-0.25, -0.2) is 4.79 Å². The number of carbonyl (C=O) groups is 3. The van der Waals surface area contributed by atoms with Crippen LogP contribution in [0.4, 0.5) is 5.69 Å². The van der Waals surface area contributed by atoms with Crippen molar-refractivity contribution in [1.29, 1.82) is 0 Å². The molecule has 2 aromatic carbocycles. The fourth-order valence-corrected chi connectivity index (χ4v) is 1.99. The quantitative estimate of drug-likeness (QED) is 0.627. The van der Waals surface area contributed by atoms with Crippen molar-refractivity contribution in [1.82, 2.24) is 5.32 Å². The smallest absolute Gasteiger partial charge is 0.330 e. The molecule has 0 atom stereocenters. The van der Waals surface area contributed by atoms with Gasteiger partial charge in [0.1, 0.15) is 12.3 Å². The third-order valence-electron chi connectivity index (χ3n) is 3.04. The fourth-order valence-electron chi connectivity index (χ4n) is 1.99. The summed E-state index contributed by atoms with van der Waals surface area (Å²) in [5, 5.41) is 5.13. The topological polar surface area (TPSA) is 84.5 Å². The molecule has 0 aromatic heterocycles. The minimum atomic E-state index is -0.566. The number of hydrogen-bond acceptors (Lipinski definition) is 4. The summed E-state index contributed by atoms with van der Waals surface area (Å²) in [4.78, 5) is 34.4. The summed E-state index contributed by atoms with van der Waals surface area (Å²) in [6.45, 7) is 1.20. The predicted octanol–water partition coefficient (Wildman–Crippen LogP) is 1.91. The number of amides is 2. The van der Waals surface area contributed by atoms with Crippen molar-refractivity contribution in [3.63, 3.8) is 0 Å². The Kier molecular flexibility index (Phi) is 6.08. The second-order valence-electron chi connectivity index (χ2n) is 5.12. The third-order valence-corrected chi connectivity index (χ3v) is 3.04. The van der Waals surface area contributed by atoms with Crippen LogP contribution in [0.2, 0.25) is 0 Å². The maximum atomic E-state index is 11.8. The second kappa shape index (κ2) is 8.47. The molecule has 0 fully saturated rings. The Hall–Kier alpha value is -3.15. The molecule has 0 radical (unpaired) electrons. The number of benzene rings is 2. The first kappa shape index (κ1) is 17.2. The van der Waals surface area contributed by atoms with Crippen LogP contribution in [0.3, 0.4) is 0 Å². The number of anilines is 1. The Balaban J connectivity index is 1.76. The van der Waals surface area contributed by atoms with Crippen molar-refractivity contribution in [2.75, 3.05) is 11.9 Å². The van der Waals surface area contributed by atoms with Crippen LogP contribution >= 0.6 is 0 Å². The second-order valence-corrected chi connectivity index (χ2v) is 5.12. The van der Waals surface area contributed by atoms with E-state index in [0.29, 0.717) is 11.4 Å². The highest BCUT2D eigenvalue weighted by atomic mass is 16.5. The van der Waals surface area contributed by atoms with E-state index in [9.17, 15) is 14.4 Å². The Morgan fingerprint density at radius 1 is 0.958 bits per heavy atom. The van der Waals surface area contributed by atoms with Crippen LogP contribution in [-0.4, -0.2) is 24.3 Å². The van der Waals surface area contributed by atoms with Crippen molar-refractivity contribution in [2.24, 2.45) is 0 Å². The van der Waals surface area contributed by atoms with E-state index in [1.165, 1.54) is 6.92 Å². The molecule has 0 aliphatic heterocycles.